The van der Waals surface area contributed by atoms with Crippen LogP contribution in [-0.2, 0) is 6.42 Å². The second-order valence-corrected chi connectivity index (χ2v) is 6.40. The van der Waals surface area contributed by atoms with Crippen LogP contribution in [0.4, 0.5) is 0 Å². The van der Waals surface area contributed by atoms with Crippen LogP contribution in [0.2, 0.25) is 0 Å². The Morgan fingerprint density at radius 1 is 1.32 bits per heavy atom. The average Bonchev–Trinajstić information content (AvgIpc) is 2.43. The third-order valence-electron chi connectivity index (χ3n) is 4.34. The molecular weight excluding hydrogens is 254 g/mol. The van der Waals surface area contributed by atoms with Crippen molar-refractivity contribution in [3.63, 3.8) is 0 Å². The van der Waals surface area contributed by atoms with Crippen LogP contribution in [0.15, 0.2) is 24.3 Å². The molecule has 0 saturated heterocycles. The first-order valence-corrected chi connectivity index (χ1v) is 8.13. The molecule has 2 unspecified atom stereocenters. The third-order valence-corrected chi connectivity index (χ3v) is 4.56. The molecule has 106 valence electrons. The summed E-state index contributed by atoms with van der Waals surface area (Å²) in [5.74, 6) is 2.08. The normalized spacial score (nSPS) is 20.3. The molecule has 1 aromatic rings. The van der Waals surface area contributed by atoms with Gasteiger partial charge in [0.2, 0.25) is 0 Å². The van der Waals surface area contributed by atoms with Gasteiger partial charge in [-0.2, -0.15) is 0 Å². The summed E-state index contributed by atoms with van der Waals surface area (Å²) in [6.45, 7) is 5.65. The van der Waals surface area contributed by atoms with Crippen molar-refractivity contribution in [3.8, 4) is 0 Å². The maximum Gasteiger partial charge on any atom is 0.0238 e. The van der Waals surface area contributed by atoms with Gasteiger partial charge in [-0.05, 0) is 48.6 Å². The summed E-state index contributed by atoms with van der Waals surface area (Å²) in [6, 6.07) is 9.49. The fraction of sp³-hybridized carbons (Fsp3) is 0.647. The van der Waals surface area contributed by atoms with Gasteiger partial charge in [-0.25, -0.2) is 0 Å². The van der Waals surface area contributed by atoms with Crippen LogP contribution in [0.1, 0.15) is 50.2 Å². The van der Waals surface area contributed by atoms with Crippen LogP contribution in [-0.4, -0.2) is 18.5 Å². The predicted octanol–water partition coefficient (Wildman–Crippen LogP) is 4.35. The van der Waals surface area contributed by atoms with E-state index in [2.05, 4.69) is 43.4 Å². The number of hydrogen-bond acceptors (Lipinski definition) is 1. The molecule has 0 aromatic heterocycles. The quantitative estimate of drug-likeness (QED) is 0.764. The van der Waals surface area contributed by atoms with E-state index >= 15 is 0 Å². The van der Waals surface area contributed by atoms with E-state index in [4.69, 9.17) is 11.6 Å². The number of fused-ring (bicyclic) bond motifs is 1. The van der Waals surface area contributed by atoms with E-state index in [-0.39, 0.29) is 0 Å². The first kappa shape index (κ1) is 14.9. The third kappa shape index (κ3) is 3.97. The Hall–Kier alpha value is -0.530. The summed E-state index contributed by atoms with van der Waals surface area (Å²) in [4.78, 5) is 0. The minimum absolute atomic E-state index is 0.548. The van der Waals surface area contributed by atoms with Gasteiger partial charge in [0, 0.05) is 18.5 Å². The Morgan fingerprint density at radius 2 is 2.11 bits per heavy atom. The number of rotatable bonds is 6. The highest BCUT2D eigenvalue weighted by Crippen LogP contribution is 2.31. The summed E-state index contributed by atoms with van der Waals surface area (Å²) in [5, 5.41) is 3.75. The van der Waals surface area contributed by atoms with E-state index in [1.807, 2.05) is 0 Å². The van der Waals surface area contributed by atoms with Gasteiger partial charge in [-0.15, -0.1) is 11.6 Å². The predicted molar refractivity (Wildman–Crippen MR) is 84.1 cm³/mol. The molecule has 2 rings (SSSR count). The van der Waals surface area contributed by atoms with Crippen molar-refractivity contribution in [1.82, 2.24) is 5.32 Å². The first-order valence-electron chi connectivity index (χ1n) is 7.59. The van der Waals surface area contributed by atoms with Crippen molar-refractivity contribution in [3.05, 3.63) is 35.4 Å². The van der Waals surface area contributed by atoms with Crippen LogP contribution < -0.4 is 5.32 Å². The zero-order valence-electron chi connectivity index (χ0n) is 12.2. The molecule has 1 N–H and O–H groups in total. The van der Waals surface area contributed by atoms with Crippen LogP contribution in [0.3, 0.4) is 0 Å². The molecule has 19 heavy (non-hydrogen) atoms. The number of aryl methyl sites for hydroxylation is 1. The molecule has 1 aliphatic rings. The van der Waals surface area contributed by atoms with Crippen LogP contribution in [0.5, 0.6) is 0 Å². The van der Waals surface area contributed by atoms with Gasteiger partial charge in [0.15, 0.2) is 0 Å². The van der Waals surface area contributed by atoms with Crippen LogP contribution >= 0.6 is 11.6 Å². The van der Waals surface area contributed by atoms with Crippen molar-refractivity contribution in [2.75, 3.05) is 12.4 Å². The van der Waals surface area contributed by atoms with Crippen LogP contribution in [0.25, 0.3) is 0 Å². The van der Waals surface area contributed by atoms with Gasteiger partial charge >= 0.3 is 0 Å². The highest BCUT2D eigenvalue weighted by molar-refractivity contribution is 6.17. The largest absolute Gasteiger partial charge is 0.313 e. The van der Waals surface area contributed by atoms with E-state index in [1.165, 1.54) is 19.3 Å². The summed E-state index contributed by atoms with van der Waals surface area (Å²) in [6.07, 6.45) is 4.95. The zero-order valence-corrected chi connectivity index (χ0v) is 12.9. The summed E-state index contributed by atoms with van der Waals surface area (Å²) >= 11 is 5.90. The molecule has 0 spiro atoms. The molecule has 0 heterocycles. The van der Waals surface area contributed by atoms with E-state index in [9.17, 15) is 0 Å². The van der Waals surface area contributed by atoms with Crippen molar-refractivity contribution >= 4 is 11.6 Å². The highest BCUT2D eigenvalue weighted by Gasteiger charge is 2.21. The Morgan fingerprint density at radius 3 is 2.84 bits per heavy atom. The molecule has 0 aliphatic heterocycles. The van der Waals surface area contributed by atoms with E-state index in [0.29, 0.717) is 17.9 Å². The monoisotopic (exact) mass is 279 g/mol. The SMILES string of the molecule is CC(C)C(CCCl)NCC1CCCc2ccccc21. The Bertz CT molecular complexity index is 389. The van der Waals surface area contributed by atoms with Crippen molar-refractivity contribution in [2.45, 2.75) is 51.5 Å². The maximum atomic E-state index is 5.90. The standard InChI is InChI=1S/C17H26ClN/c1-13(2)17(10-11-18)19-12-15-8-5-7-14-6-3-4-9-16(14)15/h3-4,6,9,13,15,17,19H,5,7-8,10-12H2,1-2H3. The van der Waals surface area contributed by atoms with E-state index in [1.54, 1.807) is 11.1 Å². The lowest BCUT2D eigenvalue weighted by atomic mass is 9.82. The zero-order chi connectivity index (χ0) is 13.7. The number of nitrogens with one attached hydrogen (secondary N) is 1. The van der Waals surface area contributed by atoms with Crippen LogP contribution in [0, 0.1) is 5.92 Å². The van der Waals surface area contributed by atoms with Gasteiger partial charge in [-0.3, -0.25) is 0 Å². The average molecular weight is 280 g/mol. The van der Waals surface area contributed by atoms with Crippen molar-refractivity contribution < 1.29 is 0 Å². The minimum Gasteiger partial charge on any atom is -0.313 e. The molecule has 0 fully saturated rings. The number of hydrogen-bond donors (Lipinski definition) is 1. The molecule has 0 radical (unpaired) electrons. The summed E-state index contributed by atoms with van der Waals surface area (Å²) in [7, 11) is 0. The smallest absolute Gasteiger partial charge is 0.0238 e. The van der Waals surface area contributed by atoms with Gasteiger partial charge in [-0.1, -0.05) is 38.1 Å². The Kier molecular flexibility index (Phi) is 5.72. The van der Waals surface area contributed by atoms with E-state index < -0.39 is 0 Å². The van der Waals surface area contributed by atoms with Gasteiger partial charge in [0.05, 0.1) is 0 Å². The molecule has 0 saturated carbocycles. The summed E-state index contributed by atoms with van der Waals surface area (Å²) in [5.41, 5.74) is 3.12. The van der Waals surface area contributed by atoms with Crippen molar-refractivity contribution in [1.29, 1.82) is 0 Å². The molecule has 2 atom stereocenters. The van der Waals surface area contributed by atoms with Gasteiger partial charge in [0.1, 0.15) is 0 Å². The molecule has 0 bridgehead atoms. The molecule has 1 nitrogen and oxygen atoms in total. The molecular formula is C17H26ClN. The van der Waals surface area contributed by atoms with Gasteiger partial charge < -0.3 is 5.32 Å². The van der Waals surface area contributed by atoms with Crippen molar-refractivity contribution in [2.24, 2.45) is 5.92 Å². The lowest BCUT2D eigenvalue weighted by Gasteiger charge is -2.29. The second kappa shape index (κ2) is 7.31. The summed E-state index contributed by atoms with van der Waals surface area (Å²) < 4.78 is 0. The lowest BCUT2D eigenvalue weighted by molar-refractivity contribution is 0.368. The number of halogens is 1. The molecule has 1 aliphatic carbocycles. The second-order valence-electron chi connectivity index (χ2n) is 6.02. The Labute approximate surface area is 122 Å². The van der Waals surface area contributed by atoms with Gasteiger partial charge in [0.25, 0.3) is 0 Å². The minimum atomic E-state index is 0.548. The topological polar surface area (TPSA) is 12.0 Å². The lowest BCUT2D eigenvalue weighted by Crippen LogP contribution is -2.37. The fourth-order valence-electron chi connectivity index (χ4n) is 3.15. The Balaban J connectivity index is 1.97. The molecule has 0 amide bonds. The fourth-order valence-corrected chi connectivity index (χ4v) is 3.38. The van der Waals surface area contributed by atoms with E-state index in [0.717, 1.165) is 18.8 Å². The highest BCUT2D eigenvalue weighted by atomic mass is 35.5. The number of benzene rings is 1. The first-order chi connectivity index (χ1) is 9.22. The number of alkyl halides is 1. The maximum absolute atomic E-state index is 5.90. The molecule has 1 aromatic carbocycles. The molecule has 2 heteroatoms.